The van der Waals surface area contributed by atoms with Crippen LogP contribution in [0.1, 0.15) is 10.4 Å². The molecule has 0 aliphatic rings. The molecule has 0 aliphatic carbocycles. The number of rotatable bonds is 3. The first-order valence-corrected chi connectivity index (χ1v) is 7.92. The van der Waals surface area contributed by atoms with E-state index in [2.05, 4.69) is 14.7 Å². The van der Waals surface area contributed by atoms with Crippen LogP contribution in [0.3, 0.4) is 0 Å². The van der Waals surface area contributed by atoms with E-state index in [0.717, 1.165) is 23.2 Å². The van der Waals surface area contributed by atoms with E-state index in [-0.39, 0.29) is 15.6 Å². The SMILES string of the molecule is O=C(Nc1nc(-c2ccccc2)ns1)c1cc(F)c(Cl)cc1Cl. The zero-order valence-electron chi connectivity index (χ0n) is 11.4. The van der Waals surface area contributed by atoms with Gasteiger partial charge in [0.2, 0.25) is 5.13 Å². The van der Waals surface area contributed by atoms with Gasteiger partial charge in [-0.1, -0.05) is 53.5 Å². The van der Waals surface area contributed by atoms with Crippen molar-refractivity contribution in [2.24, 2.45) is 0 Å². The van der Waals surface area contributed by atoms with Gasteiger partial charge in [0, 0.05) is 17.1 Å². The molecule has 1 aromatic heterocycles. The zero-order valence-corrected chi connectivity index (χ0v) is 13.7. The standard InChI is InChI=1S/C15H8Cl2FN3OS/c16-10-7-11(17)12(18)6-9(10)14(22)20-15-19-13(21-23-15)8-4-2-1-3-5-8/h1-7H,(H,19,20,21,22). The average molecular weight is 368 g/mol. The highest BCUT2D eigenvalue weighted by molar-refractivity contribution is 7.10. The van der Waals surface area contributed by atoms with Gasteiger partial charge in [0.05, 0.1) is 15.6 Å². The molecule has 116 valence electrons. The summed E-state index contributed by atoms with van der Waals surface area (Å²) in [5.74, 6) is -0.802. The van der Waals surface area contributed by atoms with Gasteiger partial charge in [0.15, 0.2) is 5.82 Å². The van der Waals surface area contributed by atoms with Gasteiger partial charge in [-0.25, -0.2) is 4.39 Å². The van der Waals surface area contributed by atoms with Gasteiger partial charge in [-0.05, 0) is 12.1 Å². The van der Waals surface area contributed by atoms with Crippen LogP contribution in [0.4, 0.5) is 9.52 Å². The van der Waals surface area contributed by atoms with Crippen LogP contribution >= 0.6 is 34.7 Å². The quantitative estimate of drug-likeness (QED) is 0.669. The summed E-state index contributed by atoms with van der Waals surface area (Å²) in [7, 11) is 0. The Morgan fingerprint density at radius 3 is 2.61 bits per heavy atom. The number of halogens is 3. The normalized spacial score (nSPS) is 10.6. The molecule has 0 saturated carbocycles. The first-order valence-electron chi connectivity index (χ1n) is 6.39. The van der Waals surface area contributed by atoms with Gasteiger partial charge in [-0.2, -0.15) is 9.36 Å². The smallest absolute Gasteiger partial charge is 0.259 e. The Morgan fingerprint density at radius 2 is 1.87 bits per heavy atom. The molecule has 0 bridgehead atoms. The molecule has 0 atom stereocenters. The molecule has 0 unspecified atom stereocenters. The second-order valence-corrected chi connectivity index (χ2v) is 6.06. The first kappa shape index (κ1) is 15.9. The van der Waals surface area contributed by atoms with Gasteiger partial charge < -0.3 is 0 Å². The van der Waals surface area contributed by atoms with Crippen LogP contribution < -0.4 is 5.32 Å². The number of aromatic nitrogens is 2. The summed E-state index contributed by atoms with van der Waals surface area (Å²) in [6.07, 6.45) is 0. The summed E-state index contributed by atoms with van der Waals surface area (Å²) in [5, 5.41) is 2.75. The maximum atomic E-state index is 13.5. The number of hydrogen-bond donors (Lipinski definition) is 1. The number of benzene rings is 2. The van der Waals surface area contributed by atoms with Crippen LogP contribution in [0, 0.1) is 5.82 Å². The highest BCUT2D eigenvalue weighted by Crippen LogP contribution is 2.26. The van der Waals surface area contributed by atoms with Gasteiger partial charge in [0.25, 0.3) is 5.91 Å². The minimum absolute atomic E-state index is 0.0231. The Labute approximate surface area is 145 Å². The van der Waals surface area contributed by atoms with E-state index < -0.39 is 11.7 Å². The monoisotopic (exact) mass is 367 g/mol. The van der Waals surface area contributed by atoms with E-state index in [1.54, 1.807) is 0 Å². The van der Waals surface area contributed by atoms with Gasteiger partial charge in [0.1, 0.15) is 5.82 Å². The van der Waals surface area contributed by atoms with Gasteiger partial charge in [-0.15, -0.1) is 0 Å². The van der Waals surface area contributed by atoms with E-state index in [1.807, 2.05) is 30.3 Å². The summed E-state index contributed by atoms with van der Waals surface area (Å²) in [6.45, 7) is 0. The summed E-state index contributed by atoms with van der Waals surface area (Å²) in [4.78, 5) is 16.4. The van der Waals surface area contributed by atoms with Crippen LogP contribution in [-0.4, -0.2) is 15.3 Å². The second-order valence-electron chi connectivity index (χ2n) is 4.49. The fraction of sp³-hybridized carbons (Fsp3) is 0. The molecule has 1 N–H and O–H groups in total. The van der Waals surface area contributed by atoms with Crippen molar-refractivity contribution in [1.82, 2.24) is 9.36 Å². The molecular weight excluding hydrogens is 360 g/mol. The molecule has 3 rings (SSSR count). The van der Waals surface area contributed by atoms with E-state index in [0.29, 0.717) is 11.0 Å². The van der Waals surface area contributed by atoms with Crippen LogP contribution in [0.2, 0.25) is 10.0 Å². The Kier molecular flexibility index (Phi) is 4.56. The zero-order chi connectivity index (χ0) is 16.4. The molecule has 8 heteroatoms. The van der Waals surface area contributed by atoms with Gasteiger partial charge >= 0.3 is 0 Å². The summed E-state index contributed by atoms with van der Waals surface area (Å²) >= 11 is 12.6. The van der Waals surface area contributed by atoms with Crippen LogP contribution in [0.25, 0.3) is 11.4 Å². The third kappa shape index (κ3) is 3.50. The van der Waals surface area contributed by atoms with E-state index in [1.165, 1.54) is 6.07 Å². The van der Waals surface area contributed by atoms with Crippen molar-refractivity contribution in [1.29, 1.82) is 0 Å². The Morgan fingerprint density at radius 1 is 1.13 bits per heavy atom. The molecule has 23 heavy (non-hydrogen) atoms. The number of nitrogens with one attached hydrogen (secondary N) is 1. The van der Waals surface area contributed by atoms with Crippen molar-refractivity contribution < 1.29 is 9.18 Å². The Balaban J connectivity index is 1.82. The van der Waals surface area contributed by atoms with Crippen molar-refractivity contribution in [3.05, 3.63) is 63.9 Å². The van der Waals surface area contributed by atoms with E-state index in [4.69, 9.17) is 23.2 Å². The fourth-order valence-corrected chi connectivity index (χ4v) is 2.89. The number of amides is 1. The molecule has 4 nitrogen and oxygen atoms in total. The molecule has 2 aromatic carbocycles. The Bertz CT molecular complexity index is 870. The molecule has 0 spiro atoms. The number of anilines is 1. The summed E-state index contributed by atoms with van der Waals surface area (Å²) in [5.41, 5.74) is 0.810. The lowest BCUT2D eigenvalue weighted by Crippen LogP contribution is -2.12. The van der Waals surface area contributed by atoms with E-state index >= 15 is 0 Å². The largest absolute Gasteiger partial charge is 0.297 e. The molecule has 3 aromatic rings. The summed E-state index contributed by atoms with van der Waals surface area (Å²) < 4.78 is 17.7. The molecule has 1 heterocycles. The number of nitrogens with zero attached hydrogens (tertiary/aromatic N) is 2. The maximum absolute atomic E-state index is 13.5. The molecule has 0 saturated heterocycles. The average Bonchev–Trinajstić information content (AvgIpc) is 3.00. The second kappa shape index (κ2) is 6.62. The molecule has 0 fully saturated rings. The van der Waals surface area contributed by atoms with E-state index in [9.17, 15) is 9.18 Å². The summed E-state index contributed by atoms with van der Waals surface area (Å²) in [6, 6.07) is 11.5. The maximum Gasteiger partial charge on any atom is 0.259 e. The molecular formula is C15H8Cl2FN3OS. The van der Waals surface area contributed by atoms with Crippen molar-refractivity contribution >= 4 is 45.8 Å². The number of hydrogen-bond acceptors (Lipinski definition) is 4. The Hall–Kier alpha value is -2.02. The highest BCUT2D eigenvalue weighted by atomic mass is 35.5. The third-order valence-electron chi connectivity index (χ3n) is 2.93. The number of carbonyl (C=O) groups is 1. The highest BCUT2D eigenvalue weighted by Gasteiger charge is 2.16. The minimum atomic E-state index is -0.719. The molecule has 0 radical (unpaired) electrons. The van der Waals surface area contributed by atoms with Crippen molar-refractivity contribution in [2.75, 3.05) is 5.32 Å². The minimum Gasteiger partial charge on any atom is -0.297 e. The lowest BCUT2D eigenvalue weighted by Gasteiger charge is -2.05. The van der Waals surface area contributed by atoms with Crippen LogP contribution in [0.5, 0.6) is 0 Å². The predicted molar refractivity (Wildman–Crippen MR) is 89.7 cm³/mol. The van der Waals surface area contributed by atoms with Crippen LogP contribution in [-0.2, 0) is 0 Å². The molecule has 0 aliphatic heterocycles. The van der Waals surface area contributed by atoms with Gasteiger partial charge in [-0.3, -0.25) is 10.1 Å². The third-order valence-corrected chi connectivity index (χ3v) is 4.17. The fourth-order valence-electron chi connectivity index (χ4n) is 1.84. The van der Waals surface area contributed by atoms with Crippen molar-refractivity contribution in [3.8, 4) is 11.4 Å². The topological polar surface area (TPSA) is 54.9 Å². The predicted octanol–water partition coefficient (Wildman–Crippen LogP) is 4.90. The lowest BCUT2D eigenvalue weighted by atomic mass is 10.2. The number of carbonyl (C=O) groups excluding carboxylic acids is 1. The first-order chi connectivity index (χ1) is 11.0. The molecule has 1 amide bonds. The lowest BCUT2D eigenvalue weighted by molar-refractivity contribution is 0.102. The van der Waals surface area contributed by atoms with Crippen LogP contribution in [0.15, 0.2) is 42.5 Å². The van der Waals surface area contributed by atoms with Crippen molar-refractivity contribution in [2.45, 2.75) is 0 Å². The van der Waals surface area contributed by atoms with Crippen molar-refractivity contribution in [3.63, 3.8) is 0 Å².